The second-order valence-corrected chi connectivity index (χ2v) is 4.72. The molecule has 0 saturated carbocycles. The predicted octanol–water partition coefficient (Wildman–Crippen LogP) is 0.277. The summed E-state index contributed by atoms with van der Waals surface area (Å²) in [4.78, 5) is 37.3. The maximum Gasteiger partial charge on any atom is 0.329 e. The zero-order valence-electron chi connectivity index (χ0n) is 9.86. The van der Waals surface area contributed by atoms with Gasteiger partial charge in [-0.3, -0.25) is 19.1 Å². The van der Waals surface area contributed by atoms with Crippen LogP contribution in [0.15, 0.2) is 21.0 Å². The van der Waals surface area contributed by atoms with Gasteiger partial charge in [0.1, 0.15) is 4.83 Å². The molecule has 2 aromatic rings. The van der Waals surface area contributed by atoms with Gasteiger partial charge >= 0.3 is 5.69 Å². The molecule has 0 atom stereocenters. The zero-order valence-corrected chi connectivity index (χ0v) is 10.7. The third-order valence-corrected chi connectivity index (χ3v) is 3.60. The number of nitrogens with zero attached hydrogens (tertiary/aromatic N) is 1. The van der Waals surface area contributed by atoms with Crippen molar-refractivity contribution in [2.75, 3.05) is 7.05 Å². The summed E-state index contributed by atoms with van der Waals surface area (Å²) in [6.07, 6.45) is 0.910. The number of nitrogens with one attached hydrogen (secondary N) is 2. The van der Waals surface area contributed by atoms with Gasteiger partial charge in [-0.05, 0) is 17.9 Å². The second-order valence-electron chi connectivity index (χ2n) is 3.83. The number of carbonyl (C=O) groups excluding carboxylic acids is 1. The van der Waals surface area contributed by atoms with E-state index in [1.807, 2.05) is 0 Å². The van der Waals surface area contributed by atoms with E-state index in [-0.39, 0.29) is 11.5 Å². The maximum absolute atomic E-state index is 11.7. The van der Waals surface area contributed by atoms with Gasteiger partial charge in [-0.1, -0.05) is 0 Å². The van der Waals surface area contributed by atoms with Crippen LogP contribution in [0.2, 0.25) is 0 Å². The van der Waals surface area contributed by atoms with E-state index in [0.29, 0.717) is 29.6 Å². The minimum Gasteiger partial charge on any atom is -0.359 e. The Morgan fingerprint density at radius 3 is 3.00 bits per heavy atom. The normalized spacial score (nSPS) is 10.7. The van der Waals surface area contributed by atoms with Gasteiger partial charge in [-0.2, -0.15) is 0 Å². The Labute approximate surface area is 106 Å². The molecule has 0 aliphatic carbocycles. The number of aromatic amines is 1. The minimum atomic E-state index is -0.424. The number of hydrogen-bond acceptors (Lipinski definition) is 4. The molecular formula is C11H13N3O3S. The average Bonchev–Trinajstić information content (AvgIpc) is 2.82. The molecule has 2 aromatic heterocycles. The summed E-state index contributed by atoms with van der Waals surface area (Å²) in [5.41, 5.74) is -0.786. The van der Waals surface area contributed by atoms with Crippen molar-refractivity contribution in [3.8, 4) is 0 Å². The Morgan fingerprint density at radius 2 is 2.28 bits per heavy atom. The van der Waals surface area contributed by atoms with E-state index in [2.05, 4.69) is 10.3 Å². The monoisotopic (exact) mass is 267 g/mol. The van der Waals surface area contributed by atoms with Gasteiger partial charge in [0.05, 0.1) is 5.39 Å². The van der Waals surface area contributed by atoms with Gasteiger partial charge in [-0.25, -0.2) is 4.79 Å². The van der Waals surface area contributed by atoms with Gasteiger partial charge in [0, 0.05) is 20.0 Å². The van der Waals surface area contributed by atoms with Crippen LogP contribution < -0.4 is 16.6 Å². The number of carbonyl (C=O) groups is 1. The number of H-pyrrole nitrogens is 1. The molecule has 18 heavy (non-hydrogen) atoms. The van der Waals surface area contributed by atoms with Crippen molar-refractivity contribution in [2.24, 2.45) is 0 Å². The van der Waals surface area contributed by atoms with Gasteiger partial charge in [0.15, 0.2) is 0 Å². The van der Waals surface area contributed by atoms with Crippen molar-refractivity contribution in [2.45, 2.75) is 19.4 Å². The molecule has 1 amide bonds. The Morgan fingerprint density at radius 1 is 1.50 bits per heavy atom. The summed E-state index contributed by atoms with van der Waals surface area (Å²) < 4.78 is 1.50. The first-order chi connectivity index (χ1) is 8.63. The van der Waals surface area contributed by atoms with E-state index in [9.17, 15) is 14.4 Å². The summed E-state index contributed by atoms with van der Waals surface area (Å²) in [6.45, 7) is 0.417. The Kier molecular flexibility index (Phi) is 3.61. The number of fused-ring (bicyclic) bond motifs is 1. The first-order valence-corrected chi connectivity index (χ1v) is 6.42. The topological polar surface area (TPSA) is 84.0 Å². The highest BCUT2D eigenvalue weighted by Gasteiger charge is 2.08. The van der Waals surface area contributed by atoms with Crippen LogP contribution in [-0.2, 0) is 11.3 Å². The lowest BCUT2D eigenvalue weighted by Crippen LogP contribution is -2.30. The molecule has 2 rings (SSSR count). The van der Waals surface area contributed by atoms with Crippen molar-refractivity contribution < 1.29 is 4.79 Å². The third kappa shape index (κ3) is 2.35. The molecule has 0 fully saturated rings. The van der Waals surface area contributed by atoms with E-state index in [0.717, 1.165) is 0 Å². The number of hydrogen-bond donors (Lipinski definition) is 2. The second kappa shape index (κ2) is 5.18. The molecule has 0 aliphatic rings. The van der Waals surface area contributed by atoms with Crippen LogP contribution in [0.4, 0.5) is 0 Å². The molecule has 2 N–H and O–H groups in total. The molecule has 0 unspecified atom stereocenters. The van der Waals surface area contributed by atoms with Gasteiger partial charge in [-0.15, -0.1) is 11.3 Å². The van der Waals surface area contributed by atoms with Crippen molar-refractivity contribution in [1.82, 2.24) is 14.9 Å². The summed E-state index contributed by atoms with van der Waals surface area (Å²) >= 11 is 1.35. The lowest BCUT2D eigenvalue weighted by Gasteiger charge is -2.05. The summed E-state index contributed by atoms with van der Waals surface area (Å²) in [5, 5.41) is 4.81. The molecule has 2 heterocycles. The fraction of sp³-hybridized carbons (Fsp3) is 0.364. The lowest BCUT2D eigenvalue weighted by molar-refractivity contribution is -0.120. The lowest BCUT2D eigenvalue weighted by atomic mass is 10.3. The summed E-state index contributed by atoms with van der Waals surface area (Å²) in [7, 11) is 1.58. The van der Waals surface area contributed by atoms with Crippen LogP contribution in [0, 0.1) is 0 Å². The highest BCUT2D eigenvalue weighted by molar-refractivity contribution is 7.16. The Hall–Kier alpha value is -1.89. The number of amides is 1. The zero-order chi connectivity index (χ0) is 13.1. The summed E-state index contributed by atoms with van der Waals surface area (Å²) in [6, 6.07) is 1.69. The van der Waals surface area contributed by atoms with Crippen LogP contribution in [0.3, 0.4) is 0 Å². The molecule has 7 heteroatoms. The molecule has 6 nitrogen and oxygen atoms in total. The molecule has 0 aromatic carbocycles. The SMILES string of the molecule is CNC(=O)CCCn1c(=O)[nH]c(=O)c2ccsc21. The number of thiophene rings is 1. The Balaban J connectivity index is 2.28. The first-order valence-electron chi connectivity index (χ1n) is 5.54. The maximum atomic E-state index is 11.7. The Bertz CT molecular complexity index is 683. The van der Waals surface area contributed by atoms with Gasteiger partial charge in [0.2, 0.25) is 5.91 Å². The molecular weight excluding hydrogens is 254 g/mol. The number of aromatic nitrogens is 2. The first kappa shape index (κ1) is 12.6. The quantitative estimate of drug-likeness (QED) is 0.834. The van der Waals surface area contributed by atoms with Crippen LogP contribution in [0.25, 0.3) is 10.2 Å². The molecule has 0 saturated heterocycles. The van der Waals surface area contributed by atoms with Crippen molar-refractivity contribution in [3.05, 3.63) is 32.3 Å². The van der Waals surface area contributed by atoms with Crippen molar-refractivity contribution >= 4 is 27.5 Å². The van der Waals surface area contributed by atoms with Crippen LogP contribution in [0.1, 0.15) is 12.8 Å². The smallest absolute Gasteiger partial charge is 0.329 e. The van der Waals surface area contributed by atoms with E-state index < -0.39 is 5.69 Å². The van der Waals surface area contributed by atoms with Crippen LogP contribution >= 0.6 is 11.3 Å². The van der Waals surface area contributed by atoms with Gasteiger partial charge < -0.3 is 5.32 Å². The van der Waals surface area contributed by atoms with E-state index in [1.165, 1.54) is 15.9 Å². The summed E-state index contributed by atoms with van der Waals surface area (Å²) in [5.74, 6) is -0.0603. The van der Waals surface area contributed by atoms with Crippen molar-refractivity contribution in [1.29, 1.82) is 0 Å². The molecule has 96 valence electrons. The molecule has 0 radical (unpaired) electrons. The molecule has 0 spiro atoms. The highest BCUT2D eigenvalue weighted by atomic mass is 32.1. The fourth-order valence-corrected chi connectivity index (χ4v) is 2.66. The standard InChI is InChI=1S/C11H13N3O3S/c1-12-8(15)3-2-5-14-10-7(4-6-18-10)9(16)13-11(14)17/h4,6H,2-3,5H2,1H3,(H,12,15)(H,13,16,17). The van der Waals surface area contributed by atoms with Gasteiger partial charge in [0.25, 0.3) is 5.56 Å². The number of rotatable bonds is 4. The minimum absolute atomic E-state index is 0.0603. The predicted molar refractivity (Wildman–Crippen MR) is 70.0 cm³/mol. The molecule has 0 bridgehead atoms. The molecule has 0 aliphatic heterocycles. The highest BCUT2D eigenvalue weighted by Crippen LogP contribution is 2.15. The van der Waals surface area contributed by atoms with E-state index >= 15 is 0 Å². The average molecular weight is 267 g/mol. The van der Waals surface area contributed by atoms with Crippen molar-refractivity contribution in [3.63, 3.8) is 0 Å². The number of aryl methyl sites for hydroxylation is 1. The third-order valence-electron chi connectivity index (χ3n) is 2.66. The largest absolute Gasteiger partial charge is 0.359 e. The fourth-order valence-electron chi connectivity index (χ4n) is 1.73. The van der Waals surface area contributed by atoms with E-state index in [1.54, 1.807) is 18.5 Å². The van der Waals surface area contributed by atoms with Crippen LogP contribution in [-0.4, -0.2) is 22.5 Å². The van der Waals surface area contributed by atoms with E-state index in [4.69, 9.17) is 0 Å². The van der Waals surface area contributed by atoms with Crippen LogP contribution in [0.5, 0.6) is 0 Å².